The molecule has 6 heteroatoms. The van der Waals surface area contributed by atoms with Crippen LogP contribution in [0.5, 0.6) is 0 Å². The van der Waals surface area contributed by atoms with Crippen LogP contribution in [0.15, 0.2) is 12.1 Å². The van der Waals surface area contributed by atoms with Gasteiger partial charge in [-0.1, -0.05) is 23.2 Å². The first-order chi connectivity index (χ1) is 8.31. The Labute approximate surface area is 117 Å². The standard InChI is InChI=1S/C12H17Cl2N3O/c1-7(2)17(3)6-11(18)16-12-9(14)4-8(13)5-10(12)15/h4-5,7H,6,15H2,1-3H3,(H,16,18). The van der Waals surface area contributed by atoms with E-state index >= 15 is 0 Å². The summed E-state index contributed by atoms with van der Waals surface area (Å²) in [7, 11) is 1.87. The van der Waals surface area contributed by atoms with Gasteiger partial charge in [-0.25, -0.2) is 0 Å². The predicted molar refractivity (Wildman–Crippen MR) is 77.3 cm³/mol. The maximum Gasteiger partial charge on any atom is 0.238 e. The van der Waals surface area contributed by atoms with Gasteiger partial charge in [-0.2, -0.15) is 0 Å². The lowest BCUT2D eigenvalue weighted by Gasteiger charge is -2.20. The molecular formula is C12H17Cl2N3O. The first-order valence-corrected chi connectivity index (χ1v) is 6.31. The molecule has 0 spiro atoms. The lowest BCUT2D eigenvalue weighted by Crippen LogP contribution is -2.34. The summed E-state index contributed by atoms with van der Waals surface area (Å²) in [5.41, 5.74) is 6.52. The highest BCUT2D eigenvalue weighted by atomic mass is 35.5. The molecule has 0 aromatic heterocycles. The number of carbonyl (C=O) groups excluding carboxylic acids is 1. The molecule has 1 rings (SSSR count). The Morgan fingerprint density at radius 1 is 1.44 bits per heavy atom. The maximum absolute atomic E-state index is 11.8. The minimum Gasteiger partial charge on any atom is -0.397 e. The minimum absolute atomic E-state index is 0.165. The molecule has 0 unspecified atom stereocenters. The third kappa shape index (κ3) is 4.05. The van der Waals surface area contributed by atoms with Crippen LogP contribution in [0.1, 0.15) is 13.8 Å². The van der Waals surface area contributed by atoms with E-state index in [-0.39, 0.29) is 18.5 Å². The van der Waals surface area contributed by atoms with Crippen molar-refractivity contribution in [1.29, 1.82) is 0 Å². The van der Waals surface area contributed by atoms with Crippen molar-refractivity contribution in [2.24, 2.45) is 0 Å². The second kappa shape index (κ2) is 6.27. The Kier molecular flexibility index (Phi) is 5.26. The fraction of sp³-hybridized carbons (Fsp3) is 0.417. The lowest BCUT2D eigenvalue weighted by molar-refractivity contribution is -0.117. The Bertz CT molecular complexity index is 426. The molecule has 0 radical (unpaired) electrons. The summed E-state index contributed by atoms with van der Waals surface area (Å²) in [4.78, 5) is 13.7. The van der Waals surface area contributed by atoms with Crippen LogP contribution < -0.4 is 11.1 Å². The topological polar surface area (TPSA) is 58.4 Å². The van der Waals surface area contributed by atoms with Crippen LogP contribution in [-0.4, -0.2) is 30.4 Å². The SMILES string of the molecule is CC(C)N(C)CC(=O)Nc1c(N)cc(Cl)cc1Cl. The van der Waals surface area contributed by atoms with Crippen molar-refractivity contribution in [3.8, 4) is 0 Å². The largest absolute Gasteiger partial charge is 0.397 e. The number of benzene rings is 1. The first-order valence-electron chi connectivity index (χ1n) is 5.56. The van der Waals surface area contributed by atoms with Gasteiger partial charge in [0, 0.05) is 11.1 Å². The Morgan fingerprint density at radius 2 is 2.06 bits per heavy atom. The molecule has 0 atom stereocenters. The second-order valence-electron chi connectivity index (χ2n) is 4.41. The van der Waals surface area contributed by atoms with Gasteiger partial charge in [-0.05, 0) is 33.0 Å². The van der Waals surface area contributed by atoms with Crippen LogP contribution >= 0.6 is 23.2 Å². The minimum atomic E-state index is -0.165. The Morgan fingerprint density at radius 3 is 2.56 bits per heavy atom. The summed E-state index contributed by atoms with van der Waals surface area (Å²) in [5, 5.41) is 3.47. The van der Waals surface area contributed by atoms with Gasteiger partial charge in [-0.15, -0.1) is 0 Å². The summed E-state index contributed by atoms with van der Waals surface area (Å²) in [6.07, 6.45) is 0. The molecule has 0 saturated carbocycles. The highest BCUT2D eigenvalue weighted by Crippen LogP contribution is 2.31. The van der Waals surface area contributed by atoms with E-state index in [0.717, 1.165) is 0 Å². The van der Waals surface area contributed by atoms with Crippen LogP contribution in [0.3, 0.4) is 0 Å². The van der Waals surface area contributed by atoms with Crippen molar-refractivity contribution in [2.75, 3.05) is 24.6 Å². The third-order valence-corrected chi connectivity index (χ3v) is 3.14. The van der Waals surface area contributed by atoms with Crippen LogP contribution in [-0.2, 0) is 4.79 Å². The summed E-state index contributed by atoms with van der Waals surface area (Å²) >= 11 is 11.8. The zero-order valence-electron chi connectivity index (χ0n) is 10.6. The number of carbonyl (C=O) groups is 1. The van der Waals surface area contributed by atoms with E-state index in [1.807, 2.05) is 25.8 Å². The fourth-order valence-electron chi connectivity index (χ4n) is 1.31. The molecule has 1 aromatic rings. The van der Waals surface area contributed by atoms with Gasteiger partial charge in [-0.3, -0.25) is 9.69 Å². The number of hydrogen-bond acceptors (Lipinski definition) is 3. The first kappa shape index (κ1) is 15.1. The molecule has 0 aliphatic rings. The van der Waals surface area contributed by atoms with Crippen LogP contribution in [0.2, 0.25) is 10.0 Å². The summed E-state index contributed by atoms with van der Waals surface area (Å²) in [6.45, 7) is 4.30. The smallest absolute Gasteiger partial charge is 0.238 e. The summed E-state index contributed by atoms with van der Waals surface area (Å²) in [6, 6.07) is 3.38. The molecule has 0 heterocycles. The normalized spacial score (nSPS) is 11.1. The van der Waals surface area contributed by atoms with E-state index in [0.29, 0.717) is 21.4 Å². The van der Waals surface area contributed by atoms with Gasteiger partial charge < -0.3 is 11.1 Å². The Balaban J connectivity index is 2.77. The van der Waals surface area contributed by atoms with Gasteiger partial charge in [0.05, 0.1) is 22.9 Å². The van der Waals surface area contributed by atoms with Gasteiger partial charge in [0.2, 0.25) is 5.91 Å². The average molecular weight is 290 g/mol. The van der Waals surface area contributed by atoms with Crippen molar-refractivity contribution in [3.05, 3.63) is 22.2 Å². The third-order valence-electron chi connectivity index (χ3n) is 2.62. The van der Waals surface area contributed by atoms with Gasteiger partial charge in [0.1, 0.15) is 0 Å². The maximum atomic E-state index is 11.8. The molecule has 1 aromatic carbocycles. The number of nitrogen functional groups attached to an aromatic ring is 1. The van der Waals surface area contributed by atoms with Crippen molar-refractivity contribution < 1.29 is 4.79 Å². The second-order valence-corrected chi connectivity index (χ2v) is 5.25. The number of anilines is 2. The number of nitrogens with zero attached hydrogens (tertiary/aromatic N) is 1. The van der Waals surface area contributed by atoms with Crippen LogP contribution in [0.25, 0.3) is 0 Å². The lowest BCUT2D eigenvalue weighted by atomic mass is 10.2. The number of nitrogens with one attached hydrogen (secondary N) is 1. The van der Waals surface area contributed by atoms with Crippen molar-refractivity contribution in [3.63, 3.8) is 0 Å². The van der Waals surface area contributed by atoms with Crippen LogP contribution in [0, 0.1) is 0 Å². The zero-order valence-corrected chi connectivity index (χ0v) is 12.1. The number of hydrogen-bond donors (Lipinski definition) is 2. The predicted octanol–water partition coefficient (Wildman–Crippen LogP) is 2.85. The quantitative estimate of drug-likeness (QED) is 0.838. The van der Waals surface area contributed by atoms with E-state index < -0.39 is 0 Å². The van der Waals surface area contributed by atoms with E-state index in [2.05, 4.69) is 5.32 Å². The molecule has 0 bridgehead atoms. The van der Waals surface area contributed by atoms with Crippen LogP contribution in [0.4, 0.5) is 11.4 Å². The van der Waals surface area contributed by atoms with Gasteiger partial charge in [0.25, 0.3) is 0 Å². The monoisotopic (exact) mass is 289 g/mol. The van der Waals surface area contributed by atoms with E-state index in [1.54, 1.807) is 12.1 Å². The van der Waals surface area contributed by atoms with Crippen molar-refractivity contribution in [1.82, 2.24) is 4.90 Å². The highest BCUT2D eigenvalue weighted by molar-refractivity contribution is 6.37. The average Bonchev–Trinajstić information content (AvgIpc) is 2.23. The molecule has 100 valence electrons. The molecule has 4 nitrogen and oxygen atoms in total. The number of nitrogens with two attached hydrogens (primary N) is 1. The number of rotatable bonds is 4. The molecule has 0 fully saturated rings. The fourth-order valence-corrected chi connectivity index (χ4v) is 1.87. The van der Waals surface area contributed by atoms with Gasteiger partial charge >= 0.3 is 0 Å². The highest BCUT2D eigenvalue weighted by Gasteiger charge is 2.13. The van der Waals surface area contributed by atoms with Crippen molar-refractivity contribution in [2.45, 2.75) is 19.9 Å². The van der Waals surface area contributed by atoms with Crippen molar-refractivity contribution >= 4 is 40.5 Å². The molecule has 3 N–H and O–H groups in total. The molecule has 18 heavy (non-hydrogen) atoms. The molecule has 0 saturated heterocycles. The summed E-state index contributed by atoms with van der Waals surface area (Å²) in [5.74, 6) is -0.165. The van der Waals surface area contributed by atoms with Gasteiger partial charge in [0.15, 0.2) is 0 Å². The Hall–Kier alpha value is -0.970. The summed E-state index contributed by atoms with van der Waals surface area (Å²) < 4.78 is 0. The molecular weight excluding hydrogens is 273 g/mol. The van der Waals surface area contributed by atoms with E-state index in [9.17, 15) is 4.79 Å². The zero-order chi connectivity index (χ0) is 13.9. The number of likely N-dealkylation sites (N-methyl/N-ethyl adjacent to an activating group) is 1. The molecule has 1 amide bonds. The van der Waals surface area contributed by atoms with E-state index in [4.69, 9.17) is 28.9 Å². The number of amides is 1. The van der Waals surface area contributed by atoms with E-state index in [1.165, 1.54) is 0 Å². The number of halogens is 2. The molecule has 0 aliphatic carbocycles. The molecule has 0 aliphatic heterocycles.